The predicted octanol–water partition coefficient (Wildman–Crippen LogP) is 5.31. The molecule has 0 atom stereocenters. The largest absolute Gasteiger partial charge is 0.322 e. The minimum Gasteiger partial charge on any atom is -0.322 e. The topological polar surface area (TPSA) is 29.1 Å². The number of hydrogen-bond acceptors (Lipinski definition) is 1. The van der Waals surface area contributed by atoms with Gasteiger partial charge in [-0.2, -0.15) is 0 Å². The minimum absolute atomic E-state index is 0.0915. The van der Waals surface area contributed by atoms with Crippen molar-refractivity contribution in [2.45, 2.75) is 33.1 Å². The maximum Gasteiger partial charge on any atom is 0.255 e. The fourth-order valence-electron chi connectivity index (χ4n) is 2.00. The Morgan fingerprint density at radius 1 is 1.05 bits per heavy atom. The molecule has 2 aromatic carbocycles. The van der Waals surface area contributed by atoms with Crippen LogP contribution in [0.2, 0.25) is 0 Å². The molecule has 1 N–H and O–H groups in total. The zero-order valence-corrected chi connectivity index (χ0v) is 14.4. The zero-order valence-electron chi connectivity index (χ0n) is 12.8. The van der Waals surface area contributed by atoms with Gasteiger partial charge in [0.15, 0.2) is 0 Å². The van der Waals surface area contributed by atoms with Crippen LogP contribution in [0.3, 0.4) is 0 Å². The Balaban J connectivity index is 2.15. The SMILES string of the molecule is Cc1ccc(NC(=O)c2ccc(C(C)(C)C)cc2)cc1Br. The van der Waals surface area contributed by atoms with E-state index in [1.54, 1.807) is 0 Å². The molecule has 0 heterocycles. The second-order valence-corrected chi connectivity index (χ2v) is 7.10. The minimum atomic E-state index is -0.0915. The highest BCUT2D eigenvalue weighted by Crippen LogP contribution is 2.23. The molecule has 2 aromatic rings. The van der Waals surface area contributed by atoms with Crippen molar-refractivity contribution in [3.05, 3.63) is 63.6 Å². The summed E-state index contributed by atoms with van der Waals surface area (Å²) in [6, 6.07) is 13.6. The van der Waals surface area contributed by atoms with Crippen LogP contribution in [0.5, 0.6) is 0 Å². The normalized spacial score (nSPS) is 11.3. The summed E-state index contributed by atoms with van der Waals surface area (Å²) >= 11 is 3.47. The fourth-order valence-corrected chi connectivity index (χ4v) is 2.37. The van der Waals surface area contributed by atoms with E-state index < -0.39 is 0 Å². The summed E-state index contributed by atoms with van der Waals surface area (Å²) in [5, 5.41) is 2.92. The summed E-state index contributed by atoms with van der Waals surface area (Å²) in [5.74, 6) is -0.0915. The van der Waals surface area contributed by atoms with Crippen molar-refractivity contribution in [1.82, 2.24) is 0 Å². The summed E-state index contributed by atoms with van der Waals surface area (Å²) in [4.78, 5) is 12.2. The van der Waals surface area contributed by atoms with E-state index in [2.05, 4.69) is 42.0 Å². The van der Waals surface area contributed by atoms with Crippen LogP contribution in [0.15, 0.2) is 46.9 Å². The molecule has 0 fully saturated rings. The molecular weight excluding hydrogens is 326 g/mol. The van der Waals surface area contributed by atoms with E-state index in [0.717, 1.165) is 15.7 Å². The van der Waals surface area contributed by atoms with Crippen molar-refractivity contribution < 1.29 is 4.79 Å². The molecule has 0 saturated heterocycles. The van der Waals surface area contributed by atoms with Gasteiger partial charge >= 0.3 is 0 Å². The van der Waals surface area contributed by atoms with Crippen molar-refractivity contribution in [3.8, 4) is 0 Å². The first-order valence-electron chi connectivity index (χ1n) is 6.95. The lowest BCUT2D eigenvalue weighted by Gasteiger charge is -2.19. The summed E-state index contributed by atoms with van der Waals surface area (Å²) in [6.07, 6.45) is 0. The molecule has 0 saturated carbocycles. The molecule has 0 aliphatic heterocycles. The third-order valence-electron chi connectivity index (χ3n) is 3.44. The van der Waals surface area contributed by atoms with Gasteiger partial charge in [-0.1, -0.05) is 54.9 Å². The lowest BCUT2D eigenvalue weighted by atomic mass is 9.87. The molecule has 21 heavy (non-hydrogen) atoms. The number of nitrogens with one attached hydrogen (secondary N) is 1. The molecule has 3 heteroatoms. The number of halogens is 1. The van der Waals surface area contributed by atoms with E-state index in [-0.39, 0.29) is 11.3 Å². The fraction of sp³-hybridized carbons (Fsp3) is 0.278. The lowest BCUT2D eigenvalue weighted by Crippen LogP contribution is -2.14. The van der Waals surface area contributed by atoms with Gasteiger partial charge in [0.25, 0.3) is 5.91 Å². The lowest BCUT2D eigenvalue weighted by molar-refractivity contribution is 0.102. The molecule has 0 aliphatic carbocycles. The second-order valence-electron chi connectivity index (χ2n) is 6.25. The molecular formula is C18H20BrNO. The summed E-state index contributed by atoms with van der Waals surface area (Å²) < 4.78 is 0.989. The van der Waals surface area contributed by atoms with E-state index in [1.807, 2.05) is 49.4 Å². The third kappa shape index (κ3) is 3.94. The molecule has 0 unspecified atom stereocenters. The Kier molecular flexibility index (Phi) is 4.52. The van der Waals surface area contributed by atoms with Crippen LogP contribution in [-0.2, 0) is 5.41 Å². The third-order valence-corrected chi connectivity index (χ3v) is 4.30. The van der Waals surface area contributed by atoms with Gasteiger partial charge in [0, 0.05) is 15.7 Å². The van der Waals surface area contributed by atoms with Gasteiger partial charge in [0.2, 0.25) is 0 Å². The summed E-state index contributed by atoms with van der Waals surface area (Å²) in [7, 11) is 0. The number of hydrogen-bond donors (Lipinski definition) is 1. The van der Waals surface area contributed by atoms with Gasteiger partial charge in [0.1, 0.15) is 0 Å². The van der Waals surface area contributed by atoms with Crippen LogP contribution < -0.4 is 5.32 Å². The van der Waals surface area contributed by atoms with Crippen LogP contribution in [-0.4, -0.2) is 5.91 Å². The average Bonchev–Trinajstić information content (AvgIpc) is 2.42. The maximum absolute atomic E-state index is 12.2. The highest BCUT2D eigenvalue weighted by Gasteiger charge is 2.14. The number of amides is 1. The van der Waals surface area contributed by atoms with Gasteiger partial charge in [0.05, 0.1) is 0 Å². The monoisotopic (exact) mass is 345 g/mol. The van der Waals surface area contributed by atoms with Crippen molar-refractivity contribution >= 4 is 27.5 Å². The van der Waals surface area contributed by atoms with Crippen molar-refractivity contribution in [2.24, 2.45) is 0 Å². The quantitative estimate of drug-likeness (QED) is 0.785. The van der Waals surface area contributed by atoms with Crippen LogP contribution in [0.1, 0.15) is 42.3 Å². The summed E-state index contributed by atoms with van der Waals surface area (Å²) in [5.41, 5.74) is 3.91. The highest BCUT2D eigenvalue weighted by atomic mass is 79.9. The molecule has 0 spiro atoms. The van der Waals surface area contributed by atoms with Crippen LogP contribution in [0, 0.1) is 6.92 Å². The molecule has 1 amide bonds. The first kappa shape index (κ1) is 15.8. The van der Waals surface area contributed by atoms with Gasteiger partial charge in [-0.25, -0.2) is 0 Å². The van der Waals surface area contributed by atoms with E-state index >= 15 is 0 Å². The Bertz CT molecular complexity index is 654. The zero-order chi connectivity index (χ0) is 15.6. The summed E-state index contributed by atoms with van der Waals surface area (Å²) in [6.45, 7) is 8.49. The van der Waals surface area contributed by atoms with Crippen LogP contribution >= 0.6 is 15.9 Å². The number of anilines is 1. The molecule has 0 radical (unpaired) electrons. The number of carbonyl (C=O) groups is 1. The Labute approximate surface area is 134 Å². The Morgan fingerprint density at radius 3 is 2.19 bits per heavy atom. The van der Waals surface area contributed by atoms with Crippen molar-refractivity contribution in [1.29, 1.82) is 0 Å². The molecule has 0 bridgehead atoms. The molecule has 0 aliphatic rings. The number of carbonyl (C=O) groups excluding carboxylic acids is 1. The Morgan fingerprint density at radius 2 is 1.67 bits per heavy atom. The van der Waals surface area contributed by atoms with Crippen LogP contribution in [0.25, 0.3) is 0 Å². The van der Waals surface area contributed by atoms with Gasteiger partial charge in [-0.15, -0.1) is 0 Å². The van der Waals surface area contributed by atoms with E-state index in [4.69, 9.17) is 0 Å². The molecule has 2 nitrogen and oxygen atoms in total. The maximum atomic E-state index is 12.2. The molecule has 2 rings (SSSR count). The number of aryl methyl sites for hydroxylation is 1. The molecule has 110 valence electrons. The second kappa shape index (κ2) is 6.02. The number of rotatable bonds is 2. The van der Waals surface area contributed by atoms with E-state index in [9.17, 15) is 4.79 Å². The number of benzene rings is 2. The standard InChI is InChI=1S/C18H20BrNO/c1-12-5-10-15(11-16(12)19)20-17(21)13-6-8-14(9-7-13)18(2,3)4/h5-11H,1-4H3,(H,20,21). The van der Waals surface area contributed by atoms with Crippen molar-refractivity contribution in [3.63, 3.8) is 0 Å². The van der Waals surface area contributed by atoms with Gasteiger partial charge < -0.3 is 5.32 Å². The first-order valence-corrected chi connectivity index (χ1v) is 7.75. The van der Waals surface area contributed by atoms with Crippen molar-refractivity contribution in [2.75, 3.05) is 5.32 Å². The van der Waals surface area contributed by atoms with E-state index in [0.29, 0.717) is 5.56 Å². The van der Waals surface area contributed by atoms with Gasteiger partial charge in [-0.3, -0.25) is 4.79 Å². The Hall–Kier alpha value is -1.61. The van der Waals surface area contributed by atoms with Gasteiger partial charge in [-0.05, 0) is 47.7 Å². The molecule has 0 aromatic heterocycles. The first-order chi connectivity index (χ1) is 9.77. The highest BCUT2D eigenvalue weighted by molar-refractivity contribution is 9.10. The average molecular weight is 346 g/mol. The predicted molar refractivity (Wildman–Crippen MR) is 92.0 cm³/mol. The van der Waals surface area contributed by atoms with Crippen LogP contribution in [0.4, 0.5) is 5.69 Å². The smallest absolute Gasteiger partial charge is 0.255 e. The van der Waals surface area contributed by atoms with E-state index in [1.165, 1.54) is 5.56 Å².